The van der Waals surface area contributed by atoms with Crippen molar-refractivity contribution in [1.29, 1.82) is 0 Å². The quantitative estimate of drug-likeness (QED) is 0.849. The maximum absolute atomic E-state index is 12.4. The van der Waals surface area contributed by atoms with Gasteiger partial charge in [-0.1, -0.05) is 0 Å². The molecule has 1 atom stereocenters. The molecule has 1 amide bonds. The summed E-state index contributed by atoms with van der Waals surface area (Å²) in [5, 5.41) is 0. The summed E-state index contributed by atoms with van der Waals surface area (Å²) in [5.41, 5.74) is 7.34. The lowest BCUT2D eigenvalue weighted by atomic mass is 10.1. The third kappa shape index (κ3) is 2.09. The van der Waals surface area contributed by atoms with Crippen LogP contribution in [-0.4, -0.2) is 30.4 Å². The molecule has 1 fully saturated rings. The van der Waals surface area contributed by atoms with Crippen molar-refractivity contribution in [2.24, 2.45) is 11.7 Å². The van der Waals surface area contributed by atoms with Gasteiger partial charge in [-0.15, -0.1) is 0 Å². The molecule has 1 unspecified atom stereocenters. The fourth-order valence-electron chi connectivity index (χ4n) is 2.48. The Bertz CT molecular complexity index is 437. The van der Waals surface area contributed by atoms with Gasteiger partial charge < -0.3 is 15.1 Å². The first-order valence-electron chi connectivity index (χ1n) is 6.10. The van der Waals surface area contributed by atoms with Gasteiger partial charge in [-0.05, 0) is 39.7 Å². The fraction of sp³-hybridized carbons (Fsp3) is 0.615. The molecular formula is C13H20N2O2. The minimum absolute atomic E-state index is 0.0906. The second-order valence-corrected chi connectivity index (χ2v) is 4.86. The summed E-state index contributed by atoms with van der Waals surface area (Å²) < 4.78 is 5.51. The van der Waals surface area contributed by atoms with E-state index in [2.05, 4.69) is 0 Å². The van der Waals surface area contributed by atoms with Crippen molar-refractivity contribution in [1.82, 2.24) is 4.90 Å². The number of carbonyl (C=O) groups excluding carboxylic acids is 1. The van der Waals surface area contributed by atoms with Crippen LogP contribution in [0.4, 0.5) is 0 Å². The Kier molecular flexibility index (Phi) is 3.24. The van der Waals surface area contributed by atoms with Gasteiger partial charge in [-0.3, -0.25) is 4.79 Å². The number of hydrogen-bond donors (Lipinski definition) is 1. The molecule has 2 heterocycles. The molecule has 1 aromatic rings. The Morgan fingerprint density at radius 3 is 2.59 bits per heavy atom. The Morgan fingerprint density at radius 1 is 1.41 bits per heavy atom. The van der Waals surface area contributed by atoms with E-state index >= 15 is 0 Å². The van der Waals surface area contributed by atoms with Crippen LogP contribution in [-0.2, 0) is 0 Å². The molecule has 0 radical (unpaired) electrons. The van der Waals surface area contributed by atoms with Crippen LogP contribution in [0.15, 0.2) is 4.42 Å². The Balaban J connectivity index is 2.20. The monoisotopic (exact) mass is 236 g/mol. The van der Waals surface area contributed by atoms with Gasteiger partial charge in [-0.25, -0.2) is 0 Å². The Morgan fingerprint density at radius 2 is 2.12 bits per heavy atom. The smallest absolute Gasteiger partial charge is 0.257 e. The van der Waals surface area contributed by atoms with Crippen molar-refractivity contribution < 1.29 is 9.21 Å². The molecule has 2 N–H and O–H groups in total. The number of furan rings is 1. The molecule has 1 aromatic heterocycles. The lowest BCUT2D eigenvalue weighted by Crippen LogP contribution is -2.30. The number of rotatable bonds is 2. The van der Waals surface area contributed by atoms with Crippen LogP contribution in [0.5, 0.6) is 0 Å². The van der Waals surface area contributed by atoms with E-state index < -0.39 is 0 Å². The summed E-state index contributed by atoms with van der Waals surface area (Å²) in [6.07, 6.45) is 1.01. The van der Waals surface area contributed by atoms with Gasteiger partial charge in [0, 0.05) is 18.7 Å². The van der Waals surface area contributed by atoms with E-state index in [0.717, 1.165) is 42.2 Å². The van der Waals surface area contributed by atoms with E-state index in [1.54, 1.807) is 0 Å². The zero-order valence-corrected chi connectivity index (χ0v) is 10.7. The summed E-state index contributed by atoms with van der Waals surface area (Å²) >= 11 is 0. The number of aryl methyl sites for hydroxylation is 2. The predicted octanol–water partition coefficient (Wildman–Crippen LogP) is 1.63. The molecule has 4 nitrogen and oxygen atoms in total. The third-order valence-corrected chi connectivity index (χ3v) is 3.68. The predicted molar refractivity (Wildman–Crippen MR) is 66.0 cm³/mol. The SMILES string of the molecule is Cc1oc(C)c(C(=O)N2CCC(CN)C2)c1C. The van der Waals surface area contributed by atoms with Crippen LogP contribution in [0.1, 0.15) is 33.9 Å². The molecule has 0 bridgehead atoms. The second kappa shape index (κ2) is 4.53. The number of carbonyl (C=O) groups is 1. The summed E-state index contributed by atoms with van der Waals surface area (Å²) in [6, 6.07) is 0. The molecule has 1 aliphatic rings. The molecule has 0 spiro atoms. The lowest BCUT2D eigenvalue weighted by molar-refractivity contribution is 0.0785. The maximum atomic E-state index is 12.4. The molecule has 94 valence electrons. The number of nitrogens with zero attached hydrogens (tertiary/aromatic N) is 1. The molecule has 1 saturated heterocycles. The molecule has 4 heteroatoms. The van der Waals surface area contributed by atoms with Crippen molar-refractivity contribution in [3.63, 3.8) is 0 Å². The van der Waals surface area contributed by atoms with Crippen LogP contribution in [0.3, 0.4) is 0 Å². The molecule has 0 aliphatic carbocycles. The minimum atomic E-state index is 0.0906. The highest BCUT2D eigenvalue weighted by Gasteiger charge is 2.29. The van der Waals surface area contributed by atoms with Crippen molar-refractivity contribution in [2.75, 3.05) is 19.6 Å². The van der Waals surface area contributed by atoms with Gasteiger partial charge in [0.1, 0.15) is 11.5 Å². The van der Waals surface area contributed by atoms with Gasteiger partial charge in [0.2, 0.25) is 0 Å². The highest BCUT2D eigenvalue weighted by Crippen LogP contribution is 2.25. The summed E-state index contributed by atoms with van der Waals surface area (Å²) in [7, 11) is 0. The minimum Gasteiger partial charge on any atom is -0.466 e. The van der Waals surface area contributed by atoms with Crippen LogP contribution >= 0.6 is 0 Å². The van der Waals surface area contributed by atoms with E-state index in [-0.39, 0.29) is 5.91 Å². The van der Waals surface area contributed by atoms with Crippen molar-refractivity contribution in [3.05, 3.63) is 22.6 Å². The van der Waals surface area contributed by atoms with E-state index in [1.807, 2.05) is 25.7 Å². The zero-order valence-electron chi connectivity index (χ0n) is 10.7. The summed E-state index contributed by atoms with van der Waals surface area (Å²) in [6.45, 7) is 7.93. The average Bonchev–Trinajstić information content (AvgIpc) is 2.85. The van der Waals surface area contributed by atoms with Gasteiger partial charge in [-0.2, -0.15) is 0 Å². The number of nitrogens with two attached hydrogens (primary N) is 1. The van der Waals surface area contributed by atoms with Crippen LogP contribution in [0.2, 0.25) is 0 Å². The lowest BCUT2D eigenvalue weighted by Gasteiger charge is -2.16. The van der Waals surface area contributed by atoms with E-state index in [9.17, 15) is 4.79 Å². The van der Waals surface area contributed by atoms with Crippen molar-refractivity contribution >= 4 is 5.91 Å². The largest absolute Gasteiger partial charge is 0.466 e. The van der Waals surface area contributed by atoms with Crippen LogP contribution in [0.25, 0.3) is 0 Å². The highest BCUT2D eigenvalue weighted by atomic mass is 16.3. The fourth-order valence-corrected chi connectivity index (χ4v) is 2.48. The van der Waals surface area contributed by atoms with Crippen molar-refractivity contribution in [3.8, 4) is 0 Å². The summed E-state index contributed by atoms with van der Waals surface area (Å²) in [5.74, 6) is 2.10. The topological polar surface area (TPSA) is 59.5 Å². The number of hydrogen-bond acceptors (Lipinski definition) is 3. The molecule has 0 aromatic carbocycles. The Hall–Kier alpha value is -1.29. The van der Waals surface area contributed by atoms with Gasteiger partial charge in [0.25, 0.3) is 5.91 Å². The Labute approximate surface area is 102 Å². The van der Waals surface area contributed by atoms with Crippen molar-refractivity contribution in [2.45, 2.75) is 27.2 Å². The zero-order chi connectivity index (χ0) is 12.6. The maximum Gasteiger partial charge on any atom is 0.257 e. The first-order chi connectivity index (χ1) is 8.04. The van der Waals surface area contributed by atoms with Gasteiger partial charge in [0.15, 0.2) is 0 Å². The van der Waals surface area contributed by atoms with Crippen LogP contribution in [0, 0.1) is 26.7 Å². The highest BCUT2D eigenvalue weighted by molar-refractivity contribution is 5.97. The molecular weight excluding hydrogens is 216 g/mol. The number of amides is 1. The van der Waals surface area contributed by atoms with Crippen LogP contribution < -0.4 is 5.73 Å². The third-order valence-electron chi connectivity index (χ3n) is 3.68. The summed E-state index contributed by atoms with van der Waals surface area (Å²) in [4.78, 5) is 14.3. The van der Waals surface area contributed by atoms with Gasteiger partial charge >= 0.3 is 0 Å². The number of likely N-dealkylation sites (tertiary alicyclic amines) is 1. The molecule has 2 rings (SSSR count). The molecule has 0 saturated carbocycles. The van der Waals surface area contributed by atoms with Gasteiger partial charge in [0.05, 0.1) is 5.56 Å². The van der Waals surface area contributed by atoms with E-state index in [4.69, 9.17) is 10.2 Å². The first kappa shape index (κ1) is 12.2. The normalized spacial score (nSPS) is 20.0. The van der Waals surface area contributed by atoms with E-state index in [1.165, 1.54) is 0 Å². The standard InChI is InChI=1S/C13H20N2O2/c1-8-9(2)17-10(3)12(8)13(16)15-5-4-11(6-14)7-15/h11H,4-7,14H2,1-3H3. The molecule has 17 heavy (non-hydrogen) atoms. The average molecular weight is 236 g/mol. The second-order valence-electron chi connectivity index (χ2n) is 4.86. The van der Waals surface area contributed by atoms with E-state index in [0.29, 0.717) is 12.5 Å². The first-order valence-corrected chi connectivity index (χ1v) is 6.10. The molecule has 1 aliphatic heterocycles.